The van der Waals surface area contributed by atoms with Crippen molar-refractivity contribution in [1.82, 2.24) is 10.1 Å². The number of carbonyl (C=O) groups is 1. The van der Waals surface area contributed by atoms with Crippen molar-refractivity contribution in [3.63, 3.8) is 0 Å². The van der Waals surface area contributed by atoms with Crippen molar-refractivity contribution < 1.29 is 14.1 Å². The van der Waals surface area contributed by atoms with Crippen LogP contribution in [0.1, 0.15) is 25.2 Å². The lowest BCUT2D eigenvalue weighted by molar-refractivity contribution is -0.141. The van der Waals surface area contributed by atoms with Gasteiger partial charge in [0.15, 0.2) is 0 Å². The third-order valence-electron chi connectivity index (χ3n) is 3.59. The molecule has 2 aromatic rings. The minimum atomic E-state index is -0.120. The number of hydrogen-bond donors (Lipinski definition) is 0. The Hall–Kier alpha value is -1.34. The van der Waals surface area contributed by atoms with Crippen molar-refractivity contribution in [3.8, 4) is 11.4 Å². The lowest BCUT2D eigenvalue weighted by atomic mass is 10.1. The lowest BCUT2D eigenvalue weighted by Gasteiger charge is -2.11. The highest BCUT2D eigenvalue weighted by Crippen LogP contribution is 2.51. The summed E-state index contributed by atoms with van der Waals surface area (Å²) in [5.41, 5.74) is 1.12. The SMILES string of the molecule is COC(=O)CC1(CSCc2nc(-c3ccsc3)no2)CC1. The van der Waals surface area contributed by atoms with Crippen LogP contribution >= 0.6 is 23.1 Å². The van der Waals surface area contributed by atoms with Crippen LogP contribution in [0.3, 0.4) is 0 Å². The zero-order valence-corrected chi connectivity index (χ0v) is 13.3. The second-order valence-electron chi connectivity index (χ2n) is 5.27. The van der Waals surface area contributed by atoms with Crippen molar-refractivity contribution in [2.24, 2.45) is 5.41 Å². The summed E-state index contributed by atoms with van der Waals surface area (Å²) >= 11 is 3.35. The smallest absolute Gasteiger partial charge is 0.306 e. The molecule has 1 aliphatic carbocycles. The summed E-state index contributed by atoms with van der Waals surface area (Å²) in [7, 11) is 1.44. The average Bonchev–Trinajstić information content (AvgIpc) is 2.93. The van der Waals surface area contributed by atoms with Gasteiger partial charge in [-0.25, -0.2) is 0 Å². The number of aromatic nitrogens is 2. The van der Waals surface area contributed by atoms with E-state index in [1.54, 1.807) is 23.1 Å². The minimum Gasteiger partial charge on any atom is -0.469 e. The standard InChI is InChI=1S/C14H16N2O3S2/c1-18-12(17)6-14(3-4-14)9-21-8-11-15-13(16-19-11)10-2-5-20-7-10/h2,5,7H,3-4,6,8-9H2,1H3. The van der Waals surface area contributed by atoms with E-state index in [2.05, 4.69) is 10.1 Å². The van der Waals surface area contributed by atoms with Crippen LogP contribution in [0.2, 0.25) is 0 Å². The predicted molar refractivity (Wildman–Crippen MR) is 82.1 cm³/mol. The molecule has 21 heavy (non-hydrogen) atoms. The fraction of sp³-hybridized carbons (Fsp3) is 0.500. The summed E-state index contributed by atoms with van der Waals surface area (Å²) in [4.78, 5) is 15.8. The minimum absolute atomic E-state index is 0.120. The van der Waals surface area contributed by atoms with Crippen molar-refractivity contribution in [3.05, 3.63) is 22.7 Å². The Balaban J connectivity index is 1.49. The van der Waals surface area contributed by atoms with Crippen LogP contribution < -0.4 is 0 Å². The fourth-order valence-corrected chi connectivity index (χ4v) is 3.96. The molecule has 112 valence electrons. The highest BCUT2D eigenvalue weighted by atomic mass is 32.2. The molecule has 0 amide bonds. The Morgan fingerprint density at radius 1 is 1.57 bits per heavy atom. The van der Waals surface area contributed by atoms with E-state index in [0.29, 0.717) is 23.9 Å². The van der Waals surface area contributed by atoms with Gasteiger partial charge in [-0.15, -0.1) is 0 Å². The fourth-order valence-electron chi connectivity index (χ4n) is 2.10. The second-order valence-corrected chi connectivity index (χ2v) is 7.04. The molecule has 1 fully saturated rings. The first kappa shape index (κ1) is 14.6. The van der Waals surface area contributed by atoms with E-state index in [0.717, 1.165) is 24.2 Å². The third-order valence-corrected chi connectivity index (χ3v) is 5.54. The van der Waals surface area contributed by atoms with Crippen LogP contribution in [0.5, 0.6) is 0 Å². The molecule has 2 heterocycles. The van der Waals surface area contributed by atoms with Crippen LogP contribution in [-0.2, 0) is 15.3 Å². The molecule has 0 aromatic carbocycles. The highest BCUT2D eigenvalue weighted by molar-refractivity contribution is 7.98. The molecule has 2 aromatic heterocycles. The number of esters is 1. The average molecular weight is 324 g/mol. The molecule has 0 atom stereocenters. The number of nitrogens with zero attached hydrogens (tertiary/aromatic N) is 2. The van der Waals surface area contributed by atoms with Gasteiger partial charge in [-0.2, -0.15) is 28.1 Å². The van der Waals surface area contributed by atoms with Crippen molar-refractivity contribution in [1.29, 1.82) is 0 Å². The van der Waals surface area contributed by atoms with Crippen LogP contribution in [0.15, 0.2) is 21.3 Å². The van der Waals surface area contributed by atoms with Crippen LogP contribution in [-0.4, -0.2) is 29.0 Å². The molecule has 0 unspecified atom stereocenters. The number of rotatable bonds is 7. The Kier molecular flexibility index (Phi) is 4.30. The lowest BCUT2D eigenvalue weighted by Crippen LogP contribution is -2.13. The quantitative estimate of drug-likeness (QED) is 0.728. The number of carbonyl (C=O) groups excluding carboxylic acids is 1. The van der Waals surface area contributed by atoms with Gasteiger partial charge in [0.2, 0.25) is 11.7 Å². The molecule has 0 N–H and O–H groups in total. The molecular formula is C14H16N2O3S2. The molecule has 0 aliphatic heterocycles. The number of methoxy groups -OCH3 is 1. The summed E-state index contributed by atoms with van der Waals surface area (Å²) in [5.74, 6) is 2.77. The van der Waals surface area contributed by atoms with Crippen LogP contribution in [0.25, 0.3) is 11.4 Å². The van der Waals surface area contributed by atoms with Crippen LogP contribution in [0.4, 0.5) is 0 Å². The van der Waals surface area contributed by atoms with Crippen LogP contribution in [0, 0.1) is 5.41 Å². The van der Waals surface area contributed by atoms with Gasteiger partial charge in [0.05, 0.1) is 19.3 Å². The predicted octanol–water partition coefficient (Wildman–Crippen LogP) is 3.37. The van der Waals surface area contributed by atoms with Gasteiger partial charge in [0, 0.05) is 10.9 Å². The van der Waals surface area contributed by atoms with Gasteiger partial charge in [-0.3, -0.25) is 4.79 Å². The molecule has 5 nitrogen and oxygen atoms in total. The van der Waals surface area contributed by atoms with Gasteiger partial charge in [-0.05, 0) is 35.5 Å². The summed E-state index contributed by atoms with van der Waals surface area (Å²) in [6.07, 6.45) is 2.71. The van der Waals surface area contributed by atoms with Gasteiger partial charge in [0.25, 0.3) is 0 Å². The molecule has 0 radical (unpaired) electrons. The first-order valence-electron chi connectivity index (χ1n) is 6.70. The summed E-state index contributed by atoms with van der Waals surface area (Å²) in [6.45, 7) is 0. The van der Waals surface area contributed by atoms with E-state index >= 15 is 0 Å². The van der Waals surface area contributed by atoms with E-state index in [9.17, 15) is 4.79 Å². The van der Waals surface area contributed by atoms with Crippen molar-refractivity contribution in [2.75, 3.05) is 12.9 Å². The maximum absolute atomic E-state index is 11.4. The van der Waals surface area contributed by atoms with Gasteiger partial charge in [0.1, 0.15) is 0 Å². The van der Waals surface area contributed by atoms with Crippen molar-refractivity contribution in [2.45, 2.75) is 25.0 Å². The number of thioether (sulfide) groups is 1. The number of thiophene rings is 1. The Morgan fingerprint density at radius 2 is 2.43 bits per heavy atom. The summed E-state index contributed by atoms with van der Waals surface area (Å²) < 4.78 is 10.0. The van der Waals surface area contributed by atoms with E-state index in [-0.39, 0.29) is 11.4 Å². The van der Waals surface area contributed by atoms with Gasteiger partial charge < -0.3 is 9.26 Å². The molecule has 7 heteroatoms. The van der Waals surface area contributed by atoms with E-state index in [4.69, 9.17) is 9.26 Å². The van der Waals surface area contributed by atoms with E-state index < -0.39 is 0 Å². The van der Waals surface area contributed by atoms with Crippen molar-refractivity contribution >= 4 is 29.1 Å². The maximum Gasteiger partial charge on any atom is 0.306 e. The zero-order valence-electron chi connectivity index (χ0n) is 11.7. The molecule has 0 bridgehead atoms. The monoisotopic (exact) mass is 324 g/mol. The molecular weight excluding hydrogens is 308 g/mol. The molecule has 1 saturated carbocycles. The number of ether oxygens (including phenoxy) is 1. The summed E-state index contributed by atoms with van der Waals surface area (Å²) in [5, 5.41) is 7.97. The normalized spacial score (nSPS) is 15.9. The first-order valence-corrected chi connectivity index (χ1v) is 8.80. The van der Waals surface area contributed by atoms with E-state index in [1.807, 2.05) is 16.8 Å². The molecule has 0 spiro atoms. The molecule has 3 rings (SSSR count). The molecule has 1 aliphatic rings. The third kappa shape index (κ3) is 3.65. The van der Waals surface area contributed by atoms with Gasteiger partial charge in [-0.1, -0.05) is 5.16 Å². The van der Waals surface area contributed by atoms with Gasteiger partial charge >= 0.3 is 5.97 Å². The zero-order chi connectivity index (χ0) is 14.7. The Morgan fingerprint density at radius 3 is 3.10 bits per heavy atom. The second kappa shape index (κ2) is 6.19. The number of hydrogen-bond acceptors (Lipinski definition) is 7. The highest BCUT2D eigenvalue weighted by Gasteiger charge is 2.44. The topological polar surface area (TPSA) is 65.2 Å². The Bertz CT molecular complexity index is 606. The largest absolute Gasteiger partial charge is 0.469 e. The molecule has 0 saturated heterocycles. The maximum atomic E-state index is 11.4. The summed E-state index contributed by atoms with van der Waals surface area (Å²) in [6, 6.07) is 1.97. The van der Waals surface area contributed by atoms with E-state index in [1.165, 1.54) is 7.11 Å². The first-order chi connectivity index (χ1) is 10.2. The Labute approximate surface area is 131 Å².